The fourth-order valence-corrected chi connectivity index (χ4v) is 0.305. The average molecular weight is 143 g/mol. The Morgan fingerprint density at radius 1 is 1.60 bits per heavy atom. The summed E-state index contributed by atoms with van der Waals surface area (Å²) in [5.41, 5.74) is 0. The van der Waals surface area contributed by atoms with Gasteiger partial charge in [0, 0.05) is 5.16 Å². The molecule has 0 rings (SSSR count). The first-order chi connectivity index (χ1) is 4.66. The summed E-state index contributed by atoms with van der Waals surface area (Å²) in [5.74, 6) is -1.19. The van der Waals surface area contributed by atoms with Gasteiger partial charge in [-0.25, -0.2) is 9.59 Å². The van der Waals surface area contributed by atoms with Crippen LogP contribution in [0.25, 0.3) is 0 Å². The molecule has 0 aliphatic carbocycles. The van der Waals surface area contributed by atoms with Crippen molar-refractivity contribution in [3.05, 3.63) is 0 Å². The van der Waals surface area contributed by atoms with E-state index >= 15 is 0 Å². The molecule has 54 valence electrons. The quantitative estimate of drug-likeness (QED) is 0.180. The number of hydrogen-bond acceptors (Lipinski definition) is 5. The standard InChI is InChI=1S/C5H5NO4/c1-4(8)2-5(9)10-6-3-7/h2H2,1H3. The van der Waals surface area contributed by atoms with Crippen LogP contribution in [0.15, 0.2) is 5.16 Å². The van der Waals surface area contributed by atoms with Crippen molar-refractivity contribution >= 4 is 17.8 Å². The van der Waals surface area contributed by atoms with Crippen LogP contribution >= 0.6 is 0 Å². The third-order valence-electron chi connectivity index (χ3n) is 0.578. The molecule has 5 nitrogen and oxygen atoms in total. The summed E-state index contributed by atoms with van der Waals surface area (Å²) < 4.78 is 0. The first-order valence-electron chi connectivity index (χ1n) is 2.43. The molecule has 0 aliphatic rings. The topological polar surface area (TPSA) is 72.8 Å². The Kier molecular flexibility index (Phi) is 3.75. The number of hydrogen-bond donors (Lipinski definition) is 0. The van der Waals surface area contributed by atoms with Crippen LogP contribution in [0.2, 0.25) is 0 Å². The van der Waals surface area contributed by atoms with Crippen LogP contribution in [-0.4, -0.2) is 17.8 Å². The fourth-order valence-electron chi connectivity index (χ4n) is 0.305. The van der Waals surface area contributed by atoms with E-state index in [9.17, 15) is 14.4 Å². The van der Waals surface area contributed by atoms with Crippen LogP contribution < -0.4 is 0 Å². The van der Waals surface area contributed by atoms with Crippen molar-refractivity contribution in [3.63, 3.8) is 0 Å². The van der Waals surface area contributed by atoms with Gasteiger partial charge in [-0.05, 0) is 6.92 Å². The molecule has 0 radical (unpaired) electrons. The number of rotatable bonds is 3. The Bertz CT molecular complexity index is 186. The van der Waals surface area contributed by atoms with E-state index in [0.29, 0.717) is 0 Å². The van der Waals surface area contributed by atoms with E-state index < -0.39 is 5.97 Å². The molecule has 5 heteroatoms. The number of nitrogens with zero attached hydrogens (tertiary/aromatic N) is 1. The Hall–Kier alpha value is -1.48. The molecule has 0 N–H and O–H groups in total. The van der Waals surface area contributed by atoms with Crippen LogP contribution in [0.4, 0.5) is 0 Å². The Balaban J connectivity index is 3.64. The number of Topliss-reactive ketones (excluding diaryl/α,β-unsaturated/α-hetero) is 1. The summed E-state index contributed by atoms with van der Waals surface area (Å²) in [7, 11) is 0. The van der Waals surface area contributed by atoms with Crippen LogP contribution in [0.5, 0.6) is 0 Å². The van der Waals surface area contributed by atoms with Gasteiger partial charge in [-0.2, -0.15) is 0 Å². The predicted octanol–water partition coefficient (Wildman–Crippen LogP) is -0.241. The van der Waals surface area contributed by atoms with E-state index in [0.717, 1.165) is 6.08 Å². The minimum atomic E-state index is -0.851. The maximum Gasteiger partial charge on any atom is 0.343 e. The summed E-state index contributed by atoms with van der Waals surface area (Å²) >= 11 is 0. The Morgan fingerprint density at radius 2 is 2.20 bits per heavy atom. The minimum Gasteiger partial charge on any atom is -0.306 e. The Labute approximate surface area is 56.6 Å². The highest BCUT2D eigenvalue weighted by molar-refractivity contribution is 5.94. The summed E-state index contributed by atoms with van der Waals surface area (Å²) in [5, 5.41) is 2.52. The molecule has 0 saturated carbocycles. The van der Waals surface area contributed by atoms with Crippen molar-refractivity contribution in [3.8, 4) is 0 Å². The highest BCUT2D eigenvalue weighted by atomic mass is 16.7. The summed E-state index contributed by atoms with van der Waals surface area (Å²) in [6, 6.07) is 0. The number of isocyanates is 1. The fraction of sp³-hybridized carbons (Fsp3) is 0.400. The maximum absolute atomic E-state index is 10.3. The molecular formula is C5H5NO4. The molecule has 10 heavy (non-hydrogen) atoms. The molecule has 0 saturated heterocycles. The molecule has 0 aliphatic heterocycles. The number of carbonyl (C=O) groups is 2. The molecule has 0 atom stereocenters. The van der Waals surface area contributed by atoms with Crippen LogP contribution in [-0.2, 0) is 19.2 Å². The summed E-state index contributed by atoms with van der Waals surface area (Å²) in [6.07, 6.45) is 0.623. The lowest BCUT2D eigenvalue weighted by Gasteiger charge is -1.88. The van der Waals surface area contributed by atoms with Gasteiger partial charge in [0.05, 0.1) is 0 Å². The number of ketones is 1. The molecule has 0 bridgehead atoms. The van der Waals surface area contributed by atoms with Gasteiger partial charge in [-0.1, -0.05) is 0 Å². The van der Waals surface area contributed by atoms with Crippen molar-refractivity contribution in [2.24, 2.45) is 5.16 Å². The molecule has 0 aromatic rings. The van der Waals surface area contributed by atoms with Crippen molar-refractivity contribution < 1.29 is 19.2 Å². The van der Waals surface area contributed by atoms with Gasteiger partial charge in [-0.15, -0.1) is 0 Å². The lowest BCUT2D eigenvalue weighted by molar-refractivity contribution is -0.145. The predicted molar refractivity (Wildman–Crippen MR) is 29.5 cm³/mol. The van der Waals surface area contributed by atoms with Gasteiger partial charge >= 0.3 is 5.97 Å². The van der Waals surface area contributed by atoms with Crippen molar-refractivity contribution in [1.29, 1.82) is 0 Å². The normalized spacial score (nSPS) is 7.70. The van der Waals surface area contributed by atoms with Gasteiger partial charge in [0.15, 0.2) is 0 Å². The smallest absolute Gasteiger partial charge is 0.306 e. The Morgan fingerprint density at radius 3 is 2.60 bits per heavy atom. The van der Waals surface area contributed by atoms with Gasteiger partial charge in [0.25, 0.3) is 6.08 Å². The lowest BCUT2D eigenvalue weighted by atomic mass is 10.3. The van der Waals surface area contributed by atoms with E-state index in [1.165, 1.54) is 6.92 Å². The highest BCUT2D eigenvalue weighted by Crippen LogP contribution is 1.86. The molecule has 0 fully saturated rings. The lowest BCUT2D eigenvalue weighted by Crippen LogP contribution is -2.04. The molecule has 0 spiro atoms. The molecule has 0 aromatic heterocycles. The van der Waals surface area contributed by atoms with Crippen molar-refractivity contribution in [1.82, 2.24) is 0 Å². The van der Waals surface area contributed by atoms with Crippen LogP contribution in [0, 0.1) is 0 Å². The van der Waals surface area contributed by atoms with E-state index in [-0.39, 0.29) is 12.2 Å². The van der Waals surface area contributed by atoms with E-state index in [2.05, 4.69) is 9.99 Å². The first kappa shape index (κ1) is 8.52. The number of carbonyl (C=O) groups excluding carboxylic acids is 3. The monoisotopic (exact) mass is 143 g/mol. The molecular weight excluding hydrogens is 138 g/mol. The summed E-state index contributed by atoms with van der Waals surface area (Å²) in [6.45, 7) is 1.23. The summed E-state index contributed by atoms with van der Waals surface area (Å²) in [4.78, 5) is 33.7. The van der Waals surface area contributed by atoms with E-state index in [1.54, 1.807) is 0 Å². The zero-order valence-electron chi connectivity index (χ0n) is 5.29. The van der Waals surface area contributed by atoms with Gasteiger partial charge < -0.3 is 4.84 Å². The van der Waals surface area contributed by atoms with Crippen LogP contribution in [0.3, 0.4) is 0 Å². The zero-order chi connectivity index (χ0) is 7.98. The average Bonchev–Trinajstić information content (AvgIpc) is 1.82. The van der Waals surface area contributed by atoms with Crippen molar-refractivity contribution in [2.45, 2.75) is 13.3 Å². The second-order valence-electron chi connectivity index (χ2n) is 1.52. The van der Waals surface area contributed by atoms with Gasteiger partial charge in [-0.3, -0.25) is 4.79 Å². The van der Waals surface area contributed by atoms with E-state index in [4.69, 9.17) is 0 Å². The second kappa shape index (κ2) is 4.40. The van der Waals surface area contributed by atoms with Gasteiger partial charge in [0.1, 0.15) is 12.2 Å². The van der Waals surface area contributed by atoms with Gasteiger partial charge in [0.2, 0.25) is 0 Å². The van der Waals surface area contributed by atoms with E-state index in [1.807, 2.05) is 0 Å². The molecule has 0 aromatic carbocycles. The first-order valence-corrected chi connectivity index (χ1v) is 2.43. The maximum atomic E-state index is 10.3. The minimum absolute atomic E-state index is 0.342. The largest absolute Gasteiger partial charge is 0.343 e. The molecule has 0 amide bonds. The van der Waals surface area contributed by atoms with Crippen molar-refractivity contribution in [2.75, 3.05) is 0 Å². The third-order valence-corrected chi connectivity index (χ3v) is 0.578. The highest BCUT2D eigenvalue weighted by Gasteiger charge is 2.04. The molecule has 0 unspecified atom stereocenters. The SMILES string of the molecule is CC(=O)CC(=O)ON=C=O. The second-order valence-corrected chi connectivity index (χ2v) is 1.52. The third kappa shape index (κ3) is 4.67. The zero-order valence-corrected chi connectivity index (χ0v) is 5.29. The van der Waals surface area contributed by atoms with Crippen LogP contribution in [0.1, 0.15) is 13.3 Å². The molecule has 0 heterocycles.